The zero-order chi connectivity index (χ0) is 12.3. The average Bonchev–Trinajstić information content (AvgIpc) is 2.16. The Morgan fingerprint density at radius 3 is 2.25 bits per heavy atom. The highest BCUT2D eigenvalue weighted by molar-refractivity contribution is 7.99. The van der Waals surface area contributed by atoms with Gasteiger partial charge in [0.2, 0.25) is 0 Å². The van der Waals surface area contributed by atoms with Gasteiger partial charge in [-0.1, -0.05) is 34.6 Å². The lowest BCUT2D eigenvalue weighted by atomic mass is 10.1. The minimum absolute atomic E-state index is 0.364. The summed E-state index contributed by atoms with van der Waals surface area (Å²) >= 11 is 1.79. The molecule has 0 aliphatic heterocycles. The number of thioether (sulfide) groups is 1. The van der Waals surface area contributed by atoms with Crippen molar-refractivity contribution in [3.05, 3.63) is 11.9 Å². The van der Waals surface area contributed by atoms with Crippen molar-refractivity contribution in [2.45, 2.75) is 50.8 Å². The van der Waals surface area contributed by atoms with Crippen LogP contribution in [0.1, 0.15) is 46.1 Å². The molecule has 1 aromatic heterocycles. The van der Waals surface area contributed by atoms with Crippen LogP contribution in [0.3, 0.4) is 0 Å². The summed E-state index contributed by atoms with van der Waals surface area (Å²) < 4.78 is 0. The van der Waals surface area contributed by atoms with Gasteiger partial charge in [0.1, 0.15) is 17.2 Å². The summed E-state index contributed by atoms with van der Waals surface area (Å²) in [6.07, 6.45) is 1.55. The Balaban J connectivity index is 2.99. The topological polar surface area (TPSA) is 51.8 Å². The number of anilines is 1. The average molecular weight is 239 g/mol. The van der Waals surface area contributed by atoms with E-state index in [1.165, 1.54) is 0 Å². The van der Waals surface area contributed by atoms with Gasteiger partial charge in [-0.05, 0) is 11.8 Å². The van der Waals surface area contributed by atoms with Gasteiger partial charge in [-0.15, -0.1) is 11.8 Å². The summed E-state index contributed by atoms with van der Waals surface area (Å²) in [5.41, 5.74) is 6.99. The largest absolute Gasteiger partial charge is 0.383 e. The molecule has 1 heterocycles. The third kappa shape index (κ3) is 3.11. The summed E-state index contributed by atoms with van der Waals surface area (Å²) in [6.45, 7) is 10.9. The molecule has 0 spiro atoms. The van der Waals surface area contributed by atoms with Crippen molar-refractivity contribution < 1.29 is 0 Å². The highest BCUT2D eigenvalue weighted by Crippen LogP contribution is 2.34. The lowest BCUT2D eigenvalue weighted by molar-refractivity contribution is 0.640. The van der Waals surface area contributed by atoms with Crippen molar-refractivity contribution >= 4 is 17.6 Å². The lowest BCUT2D eigenvalue weighted by Crippen LogP contribution is -2.09. The summed E-state index contributed by atoms with van der Waals surface area (Å²) in [6, 6.07) is 0. The molecule has 4 heteroatoms. The van der Waals surface area contributed by atoms with E-state index in [-0.39, 0.29) is 0 Å². The Bertz CT molecular complexity index is 350. The third-order valence-electron chi connectivity index (χ3n) is 2.69. The van der Waals surface area contributed by atoms with Crippen LogP contribution in [0.4, 0.5) is 5.82 Å². The quantitative estimate of drug-likeness (QED) is 0.647. The second-order valence-electron chi connectivity index (χ2n) is 4.70. The molecule has 0 saturated carbocycles. The number of rotatable bonds is 4. The van der Waals surface area contributed by atoms with Crippen molar-refractivity contribution in [1.82, 2.24) is 9.97 Å². The zero-order valence-corrected chi connectivity index (χ0v) is 11.5. The summed E-state index contributed by atoms with van der Waals surface area (Å²) in [4.78, 5) is 8.42. The molecule has 0 aliphatic carbocycles. The van der Waals surface area contributed by atoms with E-state index in [2.05, 4.69) is 44.6 Å². The fourth-order valence-electron chi connectivity index (χ4n) is 1.34. The molecule has 0 radical (unpaired) electrons. The molecular formula is C12H21N3S. The van der Waals surface area contributed by atoms with E-state index in [1.807, 2.05) is 0 Å². The monoisotopic (exact) mass is 239 g/mol. The van der Waals surface area contributed by atoms with Crippen LogP contribution in [0, 0.1) is 5.92 Å². The normalized spacial score (nSPS) is 13.4. The Morgan fingerprint density at radius 2 is 1.75 bits per heavy atom. The number of nitrogens with two attached hydrogens (primary N) is 1. The summed E-state index contributed by atoms with van der Waals surface area (Å²) in [7, 11) is 0. The molecule has 0 bridgehead atoms. The molecule has 16 heavy (non-hydrogen) atoms. The predicted octanol–water partition coefficient (Wildman–Crippen LogP) is 3.32. The van der Waals surface area contributed by atoms with Gasteiger partial charge >= 0.3 is 0 Å². The highest BCUT2D eigenvalue weighted by Gasteiger charge is 2.17. The van der Waals surface area contributed by atoms with Gasteiger partial charge in [-0.3, -0.25) is 0 Å². The Labute approximate surface area is 102 Å². The van der Waals surface area contributed by atoms with Crippen LogP contribution in [-0.2, 0) is 0 Å². The maximum absolute atomic E-state index is 5.91. The smallest absolute Gasteiger partial charge is 0.131 e. The van der Waals surface area contributed by atoms with Gasteiger partial charge in [-0.25, -0.2) is 9.97 Å². The second kappa shape index (κ2) is 5.53. The van der Waals surface area contributed by atoms with Gasteiger partial charge < -0.3 is 5.73 Å². The molecule has 1 aromatic rings. The van der Waals surface area contributed by atoms with Gasteiger partial charge in [0.25, 0.3) is 0 Å². The first-order chi connectivity index (χ1) is 7.43. The number of nitrogens with zero attached hydrogens (tertiary/aromatic N) is 2. The lowest BCUT2D eigenvalue weighted by Gasteiger charge is -2.18. The molecule has 1 atom stereocenters. The second-order valence-corrected chi connectivity index (χ2v) is 6.07. The molecule has 0 aliphatic rings. The molecule has 3 nitrogen and oxygen atoms in total. The minimum atomic E-state index is 0.364. The molecule has 0 aromatic carbocycles. The Morgan fingerprint density at radius 1 is 1.12 bits per heavy atom. The molecule has 90 valence electrons. The molecule has 2 N–H and O–H groups in total. The standard InChI is InChI=1S/C12H21N3S/c1-7(2)9(5)16-12-10(8(3)4)11(13)14-6-15-12/h6-9H,1-5H3,(H2,13,14,15). The minimum Gasteiger partial charge on any atom is -0.383 e. The maximum atomic E-state index is 5.91. The van der Waals surface area contributed by atoms with Crippen LogP contribution >= 0.6 is 11.8 Å². The number of hydrogen-bond acceptors (Lipinski definition) is 4. The predicted molar refractivity (Wildman–Crippen MR) is 70.7 cm³/mol. The van der Waals surface area contributed by atoms with Crippen LogP contribution < -0.4 is 5.73 Å². The first-order valence-electron chi connectivity index (χ1n) is 5.70. The molecule has 1 unspecified atom stereocenters. The van der Waals surface area contributed by atoms with Gasteiger partial charge in [0.15, 0.2) is 0 Å². The maximum Gasteiger partial charge on any atom is 0.131 e. The van der Waals surface area contributed by atoms with Gasteiger partial charge in [0, 0.05) is 10.8 Å². The van der Waals surface area contributed by atoms with Crippen LogP contribution in [0.5, 0.6) is 0 Å². The number of nitrogen functional groups attached to an aromatic ring is 1. The zero-order valence-electron chi connectivity index (χ0n) is 10.7. The van der Waals surface area contributed by atoms with E-state index in [4.69, 9.17) is 5.73 Å². The SMILES string of the molecule is CC(C)c1c(N)ncnc1SC(C)C(C)C. The van der Waals surface area contributed by atoms with E-state index < -0.39 is 0 Å². The van der Waals surface area contributed by atoms with E-state index in [0.717, 1.165) is 10.6 Å². The van der Waals surface area contributed by atoms with Gasteiger partial charge in [0.05, 0.1) is 0 Å². The van der Waals surface area contributed by atoms with E-state index in [1.54, 1.807) is 18.1 Å². The van der Waals surface area contributed by atoms with Crippen LogP contribution in [0.15, 0.2) is 11.4 Å². The molecule has 1 rings (SSSR count). The Hall–Kier alpha value is -0.770. The van der Waals surface area contributed by atoms with Crippen LogP contribution in [-0.4, -0.2) is 15.2 Å². The first kappa shape index (κ1) is 13.3. The first-order valence-corrected chi connectivity index (χ1v) is 6.58. The van der Waals surface area contributed by atoms with E-state index >= 15 is 0 Å². The van der Waals surface area contributed by atoms with Crippen molar-refractivity contribution in [2.24, 2.45) is 5.92 Å². The summed E-state index contributed by atoms with van der Waals surface area (Å²) in [5.74, 6) is 1.60. The van der Waals surface area contributed by atoms with Gasteiger partial charge in [-0.2, -0.15) is 0 Å². The van der Waals surface area contributed by atoms with Crippen molar-refractivity contribution in [1.29, 1.82) is 0 Å². The summed E-state index contributed by atoms with van der Waals surface area (Å²) in [5, 5.41) is 1.57. The third-order valence-corrected chi connectivity index (χ3v) is 4.16. The van der Waals surface area contributed by atoms with Crippen molar-refractivity contribution in [2.75, 3.05) is 5.73 Å². The highest BCUT2D eigenvalue weighted by atomic mass is 32.2. The molecule has 0 saturated heterocycles. The Kier molecular flexibility index (Phi) is 4.59. The molecule has 0 amide bonds. The fraction of sp³-hybridized carbons (Fsp3) is 0.667. The fourth-order valence-corrected chi connectivity index (χ4v) is 2.54. The van der Waals surface area contributed by atoms with Crippen molar-refractivity contribution in [3.8, 4) is 0 Å². The van der Waals surface area contributed by atoms with Crippen LogP contribution in [0.2, 0.25) is 0 Å². The number of hydrogen-bond donors (Lipinski definition) is 1. The van der Waals surface area contributed by atoms with E-state index in [0.29, 0.717) is 22.9 Å². The molecular weight excluding hydrogens is 218 g/mol. The van der Waals surface area contributed by atoms with E-state index in [9.17, 15) is 0 Å². The number of aromatic nitrogens is 2. The molecule has 0 fully saturated rings. The van der Waals surface area contributed by atoms with Crippen LogP contribution in [0.25, 0.3) is 0 Å². The van der Waals surface area contributed by atoms with Crippen molar-refractivity contribution in [3.63, 3.8) is 0 Å².